The van der Waals surface area contributed by atoms with Crippen LogP contribution in [0.5, 0.6) is 0 Å². The third-order valence-electron chi connectivity index (χ3n) is 13.8. The van der Waals surface area contributed by atoms with Gasteiger partial charge in [0.25, 0.3) is 0 Å². The molecule has 6 nitrogen and oxygen atoms in total. The van der Waals surface area contributed by atoms with Crippen LogP contribution in [0.2, 0.25) is 0 Å². The number of rotatable bonds is 55. The first-order chi connectivity index (χ1) is 32.5. The second-order valence-corrected chi connectivity index (χ2v) is 20.3. The van der Waals surface area contributed by atoms with Gasteiger partial charge in [0, 0.05) is 12.8 Å². The predicted octanol–water partition coefficient (Wildman–Crippen LogP) is 18.2. The average Bonchev–Trinajstić information content (AvgIpc) is 3.32. The standard InChI is InChI=1S/C60H115NO5/c1-3-5-7-9-11-13-15-16-17-18-19-20-21-22-23-24-25-26-27-29-33-36-40-44-48-52-58(63)57(56-62)61-59(64)53-49-45-41-37-34-30-28-31-35-39-43-47-51-55-66-60(65)54-50-46-42-38-32-14-12-10-8-6-4-2/h30,34,41,45,57-58,62-63H,3-29,31-33,35-40,42-44,46-56H2,1-2H3,(H,61,64)/b34-30-,45-41-. The smallest absolute Gasteiger partial charge is 0.305 e. The van der Waals surface area contributed by atoms with E-state index in [9.17, 15) is 19.8 Å². The van der Waals surface area contributed by atoms with Crippen molar-refractivity contribution >= 4 is 11.9 Å². The molecule has 66 heavy (non-hydrogen) atoms. The van der Waals surface area contributed by atoms with E-state index in [1.54, 1.807) is 0 Å². The lowest BCUT2D eigenvalue weighted by molar-refractivity contribution is -0.143. The highest BCUT2D eigenvalue weighted by Gasteiger charge is 2.19. The Balaban J connectivity index is 3.52. The lowest BCUT2D eigenvalue weighted by Crippen LogP contribution is -2.45. The summed E-state index contributed by atoms with van der Waals surface area (Å²) in [7, 11) is 0. The zero-order chi connectivity index (χ0) is 47.9. The van der Waals surface area contributed by atoms with Gasteiger partial charge in [0.05, 0.1) is 25.4 Å². The van der Waals surface area contributed by atoms with Crippen molar-refractivity contribution in [3.8, 4) is 0 Å². The second kappa shape index (κ2) is 55.9. The third kappa shape index (κ3) is 51.7. The molecule has 390 valence electrons. The maximum Gasteiger partial charge on any atom is 0.305 e. The minimum Gasteiger partial charge on any atom is -0.466 e. The Kier molecular flexibility index (Phi) is 54.5. The van der Waals surface area contributed by atoms with E-state index in [-0.39, 0.29) is 18.5 Å². The molecule has 0 radical (unpaired) electrons. The molecular weight excluding hydrogens is 815 g/mol. The fraction of sp³-hybridized carbons (Fsp3) is 0.900. The number of carbonyl (C=O) groups is 2. The van der Waals surface area contributed by atoms with Crippen LogP contribution in [0, 0.1) is 0 Å². The van der Waals surface area contributed by atoms with E-state index in [4.69, 9.17) is 4.74 Å². The molecule has 0 aromatic rings. The Morgan fingerprint density at radius 1 is 0.424 bits per heavy atom. The number of esters is 1. The van der Waals surface area contributed by atoms with Crippen LogP contribution in [-0.2, 0) is 14.3 Å². The largest absolute Gasteiger partial charge is 0.466 e. The van der Waals surface area contributed by atoms with Crippen LogP contribution in [0.15, 0.2) is 24.3 Å². The number of ether oxygens (including phenoxy) is 1. The number of aliphatic hydroxyl groups excluding tert-OH is 2. The molecule has 0 fully saturated rings. The number of allylic oxidation sites excluding steroid dienone is 4. The molecule has 0 aromatic carbocycles. The van der Waals surface area contributed by atoms with Crippen LogP contribution in [0.25, 0.3) is 0 Å². The lowest BCUT2D eigenvalue weighted by Gasteiger charge is -2.22. The van der Waals surface area contributed by atoms with E-state index in [1.165, 1.54) is 231 Å². The lowest BCUT2D eigenvalue weighted by atomic mass is 10.0. The van der Waals surface area contributed by atoms with Crippen molar-refractivity contribution in [2.24, 2.45) is 0 Å². The van der Waals surface area contributed by atoms with Crippen molar-refractivity contribution in [1.82, 2.24) is 5.32 Å². The highest BCUT2D eigenvalue weighted by molar-refractivity contribution is 5.76. The van der Waals surface area contributed by atoms with Gasteiger partial charge in [-0.2, -0.15) is 0 Å². The van der Waals surface area contributed by atoms with Crippen LogP contribution < -0.4 is 5.32 Å². The summed E-state index contributed by atoms with van der Waals surface area (Å²) in [6, 6.07) is -0.586. The predicted molar refractivity (Wildman–Crippen MR) is 287 cm³/mol. The van der Waals surface area contributed by atoms with Gasteiger partial charge < -0.3 is 20.3 Å². The van der Waals surface area contributed by atoms with Crippen LogP contribution in [0.1, 0.15) is 322 Å². The Morgan fingerprint density at radius 2 is 0.773 bits per heavy atom. The molecule has 0 heterocycles. The maximum absolute atomic E-state index is 12.5. The van der Waals surface area contributed by atoms with Crippen LogP contribution in [0.3, 0.4) is 0 Å². The Labute approximate surface area is 411 Å². The van der Waals surface area contributed by atoms with Gasteiger partial charge in [0.2, 0.25) is 5.91 Å². The number of aliphatic hydroxyl groups is 2. The van der Waals surface area contributed by atoms with Crippen LogP contribution in [-0.4, -0.2) is 47.4 Å². The first kappa shape index (κ1) is 64.3. The van der Waals surface area contributed by atoms with E-state index in [0.29, 0.717) is 32.3 Å². The van der Waals surface area contributed by atoms with E-state index in [2.05, 4.69) is 37.4 Å². The number of hydrogen-bond donors (Lipinski definition) is 3. The van der Waals surface area contributed by atoms with E-state index in [0.717, 1.165) is 51.4 Å². The summed E-state index contributed by atoms with van der Waals surface area (Å²) < 4.78 is 5.44. The third-order valence-corrected chi connectivity index (χ3v) is 13.8. The molecule has 1 amide bonds. The molecule has 0 aromatic heterocycles. The summed E-state index contributed by atoms with van der Waals surface area (Å²) in [4.78, 5) is 24.5. The molecule has 2 atom stereocenters. The van der Waals surface area contributed by atoms with Gasteiger partial charge in [-0.3, -0.25) is 9.59 Å². The topological polar surface area (TPSA) is 95.9 Å². The zero-order valence-corrected chi connectivity index (χ0v) is 44.4. The summed E-state index contributed by atoms with van der Waals surface area (Å²) in [6.45, 7) is 4.90. The normalized spacial score (nSPS) is 12.7. The molecule has 3 N–H and O–H groups in total. The summed E-state index contributed by atoms with van der Waals surface area (Å²) >= 11 is 0. The van der Waals surface area contributed by atoms with Crippen molar-refractivity contribution in [2.45, 2.75) is 334 Å². The van der Waals surface area contributed by atoms with E-state index >= 15 is 0 Å². The highest BCUT2D eigenvalue weighted by Crippen LogP contribution is 2.18. The van der Waals surface area contributed by atoms with Crippen molar-refractivity contribution < 1.29 is 24.5 Å². The fourth-order valence-corrected chi connectivity index (χ4v) is 9.22. The molecule has 0 bridgehead atoms. The summed E-state index contributed by atoms with van der Waals surface area (Å²) in [5, 5.41) is 23.3. The molecule has 0 spiro atoms. The number of nitrogens with one attached hydrogen (secondary N) is 1. The fourth-order valence-electron chi connectivity index (χ4n) is 9.22. The van der Waals surface area contributed by atoms with Crippen molar-refractivity contribution in [1.29, 1.82) is 0 Å². The van der Waals surface area contributed by atoms with Crippen molar-refractivity contribution in [2.75, 3.05) is 13.2 Å². The number of unbranched alkanes of at least 4 members (excludes halogenated alkanes) is 40. The Hall–Kier alpha value is -1.66. The number of amides is 1. The van der Waals surface area contributed by atoms with E-state index in [1.807, 2.05) is 6.08 Å². The molecule has 0 aliphatic rings. The van der Waals surface area contributed by atoms with Gasteiger partial charge in [0.15, 0.2) is 0 Å². The zero-order valence-electron chi connectivity index (χ0n) is 44.4. The molecular formula is C60H115NO5. The maximum atomic E-state index is 12.5. The molecule has 0 aliphatic heterocycles. The molecule has 0 saturated carbocycles. The summed E-state index contributed by atoms with van der Waals surface area (Å²) in [5.74, 6) is -0.129. The first-order valence-electron chi connectivity index (χ1n) is 29.6. The minimum atomic E-state index is -0.700. The average molecular weight is 931 g/mol. The SMILES string of the molecule is CCCCCCCCCCCCCCCCCCCCCCCCCCCC(O)C(CO)NC(=O)CC/C=C\C/C=C\CCCCCCCCOC(=O)CCCCCCCCCCCCC. The van der Waals surface area contributed by atoms with Gasteiger partial charge in [-0.25, -0.2) is 0 Å². The molecule has 0 rings (SSSR count). The van der Waals surface area contributed by atoms with Gasteiger partial charge in [-0.15, -0.1) is 0 Å². The van der Waals surface area contributed by atoms with Gasteiger partial charge in [-0.05, 0) is 44.9 Å². The minimum absolute atomic E-state index is 0.0166. The second-order valence-electron chi connectivity index (χ2n) is 20.3. The van der Waals surface area contributed by atoms with E-state index < -0.39 is 12.1 Å². The van der Waals surface area contributed by atoms with Crippen molar-refractivity contribution in [3.05, 3.63) is 24.3 Å². The van der Waals surface area contributed by atoms with Crippen molar-refractivity contribution in [3.63, 3.8) is 0 Å². The number of carbonyl (C=O) groups excluding carboxylic acids is 2. The number of hydrogen-bond acceptors (Lipinski definition) is 5. The summed E-state index contributed by atoms with van der Waals surface area (Å²) in [6.07, 6.45) is 67.6. The molecule has 0 saturated heterocycles. The molecule has 0 aliphatic carbocycles. The molecule has 6 heteroatoms. The summed E-state index contributed by atoms with van der Waals surface area (Å²) in [5.41, 5.74) is 0. The molecule has 2 unspecified atom stereocenters. The quantitative estimate of drug-likeness (QED) is 0.0321. The monoisotopic (exact) mass is 930 g/mol. The van der Waals surface area contributed by atoms with Crippen LogP contribution >= 0.6 is 0 Å². The Morgan fingerprint density at radius 3 is 1.18 bits per heavy atom. The Bertz CT molecular complexity index is 1030. The van der Waals surface area contributed by atoms with Gasteiger partial charge >= 0.3 is 5.97 Å². The van der Waals surface area contributed by atoms with Gasteiger partial charge in [-0.1, -0.05) is 289 Å². The van der Waals surface area contributed by atoms with Crippen LogP contribution in [0.4, 0.5) is 0 Å². The van der Waals surface area contributed by atoms with Gasteiger partial charge in [0.1, 0.15) is 0 Å². The first-order valence-corrected chi connectivity index (χ1v) is 29.6. The highest BCUT2D eigenvalue weighted by atomic mass is 16.5.